The number of hydrogen-bond donors (Lipinski definition) is 0. The topological polar surface area (TPSA) is 0 Å². The second kappa shape index (κ2) is 15.7. The van der Waals surface area contributed by atoms with E-state index >= 15 is 0 Å². The first-order valence-electron chi connectivity index (χ1n) is 15.3. The second-order valence-electron chi connectivity index (χ2n) is 12.1. The molecule has 216 valence electrons. The summed E-state index contributed by atoms with van der Waals surface area (Å²) in [5.74, 6) is 4.09. The molecule has 2 fully saturated rings. The Morgan fingerprint density at radius 2 is 1.20 bits per heavy atom. The van der Waals surface area contributed by atoms with Crippen LogP contribution in [0.5, 0.6) is 0 Å². The third-order valence-corrected chi connectivity index (χ3v) is 16.3. The van der Waals surface area contributed by atoms with Gasteiger partial charge in [-0.3, -0.25) is 0 Å². The van der Waals surface area contributed by atoms with Crippen LogP contribution in [0, 0.1) is 49.4 Å². The van der Waals surface area contributed by atoms with Gasteiger partial charge in [-0.2, -0.15) is 11.5 Å². The molecule has 2 aromatic carbocycles. The van der Waals surface area contributed by atoms with Crippen LogP contribution >= 0.6 is 17.0 Å². The summed E-state index contributed by atoms with van der Waals surface area (Å²) in [5, 5.41) is 3.32. The van der Waals surface area contributed by atoms with Crippen LogP contribution < -0.4 is 10.4 Å². The molecule has 6 rings (SSSR count). The summed E-state index contributed by atoms with van der Waals surface area (Å²) in [6.07, 6.45) is 29.2. The van der Waals surface area contributed by atoms with Gasteiger partial charge in [0.2, 0.25) is 0 Å². The quantitative estimate of drug-likeness (QED) is 0.192. The summed E-state index contributed by atoms with van der Waals surface area (Å²) in [6.45, 7) is 4.75. The molecule has 41 heavy (non-hydrogen) atoms. The average molecular weight is 681 g/mol. The van der Waals surface area contributed by atoms with E-state index in [-0.39, 0.29) is 7.43 Å². The molecule has 4 heteroatoms. The van der Waals surface area contributed by atoms with Crippen LogP contribution in [0.1, 0.15) is 46.0 Å². The van der Waals surface area contributed by atoms with E-state index < -0.39 is 28.9 Å². The molecule has 0 amide bonds. The van der Waals surface area contributed by atoms with Gasteiger partial charge in [-0.25, -0.2) is 0 Å². The molecule has 0 spiro atoms. The van der Waals surface area contributed by atoms with E-state index in [1.54, 1.807) is 10.4 Å². The summed E-state index contributed by atoms with van der Waals surface area (Å²) < 4.78 is 0. The normalized spacial score (nSPS) is 30.9. The van der Waals surface area contributed by atoms with Crippen molar-refractivity contribution in [1.29, 1.82) is 0 Å². The molecule has 0 N–H and O–H groups in total. The van der Waals surface area contributed by atoms with E-state index in [4.69, 9.17) is 17.0 Å². The van der Waals surface area contributed by atoms with Crippen molar-refractivity contribution in [3.63, 3.8) is 0 Å². The summed E-state index contributed by atoms with van der Waals surface area (Å²) >= 11 is -0.826. The van der Waals surface area contributed by atoms with Gasteiger partial charge in [-0.15, -0.1) is 0 Å². The SMILES string of the molecule is CCCC1[CH-]C([Si](c2ccccc2)(c2ccccc2)C2CC(CCC)C3C=CC=CC32)C2C=CC=CC12.[CH3-].[Cl][Zr+2][Cl]. The monoisotopic (exact) mass is 678 g/mol. The molecule has 0 aliphatic heterocycles. The Morgan fingerprint density at radius 1 is 0.707 bits per heavy atom. The minimum atomic E-state index is -2.27. The third-order valence-electron chi connectivity index (χ3n) is 10.3. The molecule has 4 aliphatic rings. The molecule has 2 saturated carbocycles. The standard InChI is InChI=1S/C36H43Si.CH3.2ClH.Zr/c1-3-15-27-25-35(33-23-13-11-21-31(27)33)37(29-17-7-5-8-18-29,30-19-9-6-10-20-30)36-26-28(16-4-2)32-22-12-14-24-34(32)36;;;;/h5-14,17-25,27-28,31-36H,3-4,15-16,26H2,1-2H3;1H3;2*1H;/q2*-1;;;+4/p-2. The molecule has 0 heterocycles. The van der Waals surface area contributed by atoms with Crippen molar-refractivity contribution < 1.29 is 20.8 Å². The molecule has 0 nitrogen and oxygen atoms in total. The van der Waals surface area contributed by atoms with Crippen LogP contribution in [0.25, 0.3) is 0 Å². The van der Waals surface area contributed by atoms with Gasteiger partial charge in [0.25, 0.3) is 0 Å². The number of fused-ring (bicyclic) bond motifs is 2. The summed E-state index contributed by atoms with van der Waals surface area (Å²) in [7, 11) is 7.60. The molecule has 8 atom stereocenters. The molecule has 0 saturated heterocycles. The van der Waals surface area contributed by atoms with Crippen molar-refractivity contribution in [3.8, 4) is 0 Å². The van der Waals surface area contributed by atoms with Crippen LogP contribution in [0.3, 0.4) is 0 Å². The number of halogens is 2. The summed E-state index contributed by atoms with van der Waals surface area (Å²) in [5.41, 5.74) is 1.33. The van der Waals surface area contributed by atoms with Crippen LogP contribution in [0.2, 0.25) is 11.1 Å². The van der Waals surface area contributed by atoms with Gasteiger partial charge < -0.3 is 13.8 Å². The van der Waals surface area contributed by atoms with Crippen molar-refractivity contribution in [2.75, 3.05) is 0 Å². The average Bonchev–Trinajstić information content (AvgIpc) is 3.55. The van der Waals surface area contributed by atoms with E-state index in [0.29, 0.717) is 40.7 Å². The maximum absolute atomic E-state index is 4.93. The van der Waals surface area contributed by atoms with E-state index in [1.165, 1.54) is 32.1 Å². The van der Waals surface area contributed by atoms with E-state index in [0.717, 1.165) is 5.92 Å². The van der Waals surface area contributed by atoms with Crippen LogP contribution in [-0.2, 0) is 20.8 Å². The Balaban J connectivity index is 0.000000929. The third kappa shape index (κ3) is 6.48. The van der Waals surface area contributed by atoms with Crippen molar-refractivity contribution in [2.45, 2.75) is 57.0 Å². The van der Waals surface area contributed by atoms with Crippen LogP contribution in [-0.4, -0.2) is 8.07 Å². The predicted molar refractivity (Wildman–Crippen MR) is 180 cm³/mol. The minimum absolute atomic E-state index is 0. The van der Waals surface area contributed by atoms with Crippen LogP contribution in [0.15, 0.2) is 109 Å². The maximum atomic E-state index is 4.93. The zero-order valence-electron chi connectivity index (χ0n) is 24.9. The Labute approximate surface area is 270 Å². The summed E-state index contributed by atoms with van der Waals surface area (Å²) in [4.78, 5) is 0. The first-order valence-corrected chi connectivity index (χ1v) is 23.8. The number of allylic oxidation sites excluding steroid dienone is 8. The predicted octanol–water partition coefficient (Wildman–Crippen LogP) is 9.99. The Kier molecular flexibility index (Phi) is 12.6. The first kappa shape index (κ1) is 33.0. The van der Waals surface area contributed by atoms with E-state index in [1.807, 2.05) is 0 Å². The van der Waals surface area contributed by atoms with Gasteiger partial charge in [0, 0.05) is 0 Å². The number of rotatable bonds is 8. The summed E-state index contributed by atoms with van der Waals surface area (Å²) in [6, 6.07) is 23.8. The van der Waals surface area contributed by atoms with Gasteiger partial charge in [0.1, 0.15) is 0 Å². The van der Waals surface area contributed by atoms with Crippen molar-refractivity contribution in [1.82, 2.24) is 0 Å². The molecular weight excluding hydrogens is 635 g/mol. The Bertz CT molecular complexity index is 1100. The van der Waals surface area contributed by atoms with Gasteiger partial charge in [-0.1, -0.05) is 159 Å². The fraction of sp³-hybridized carbons (Fsp3) is 0.405. The fourth-order valence-electron chi connectivity index (χ4n) is 9.01. The number of hydrogen-bond acceptors (Lipinski definition) is 0. The van der Waals surface area contributed by atoms with Gasteiger partial charge in [-0.05, 0) is 41.6 Å². The molecule has 0 bridgehead atoms. The van der Waals surface area contributed by atoms with Gasteiger partial charge in [0.05, 0.1) is 8.07 Å². The van der Waals surface area contributed by atoms with Crippen molar-refractivity contribution in [2.24, 2.45) is 35.5 Å². The van der Waals surface area contributed by atoms with E-state index in [2.05, 4.69) is 130 Å². The number of benzene rings is 2. The molecule has 0 radical (unpaired) electrons. The van der Waals surface area contributed by atoms with Crippen molar-refractivity contribution >= 4 is 35.5 Å². The van der Waals surface area contributed by atoms with Gasteiger partial charge >= 0.3 is 37.9 Å². The molecule has 2 aromatic rings. The molecule has 0 aromatic heterocycles. The second-order valence-corrected chi connectivity index (χ2v) is 20.1. The van der Waals surface area contributed by atoms with Gasteiger partial charge in [0.15, 0.2) is 0 Å². The zero-order chi connectivity index (χ0) is 28.0. The van der Waals surface area contributed by atoms with E-state index in [9.17, 15) is 0 Å². The molecule has 8 unspecified atom stereocenters. The van der Waals surface area contributed by atoms with Crippen LogP contribution in [0.4, 0.5) is 0 Å². The molecule has 4 aliphatic carbocycles. The Hall–Kier alpha value is -0.920. The zero-order valence-corrected chi connectivity index (χ0v) is 29.8. The first-order chi connectivity index (χ1) is 19.7. The molecular formula is C37H46Cl2SiZr. The fourth-order valence-corrected chi connectivity index (χ4v) is 16.1. The van der Waals surface area contributed by atoms with Crippen molar-refractivity contribution in [3.05, 3.63) is 123 Å². The Morgan fingerprint density at radius 3 is 1.73 bits per heavy atom.